The highest BCUT2D eigenvalue weighted by Gasteiger charge is 2.09. The molecule has 1 heterocycles. The lowest BCUT2D eigenvalue weighted by Crippen LogP contribution is -2.16. The van der Waals surface area contributed by atoms with Crippen LogP contribution in [0.4, 0.5) is 4.79 Å². The first-order chi connectivity index (χ1) is 7.25. The van der Waals surface area contributed by atoms with Gasteiger partial charge in [0.25, 0.3) is 0 Å². The molecule has 0 amide bonds. The van der Waals surface area contributed by atoms with E-state index in [1.807, 2.05) is 12.1 Å². The molecule has 1 aromatic carbocycles. The molecule has 4 heteroatoms. The largest absolute Gasteiger partial charge is 0.511 e. The lowest BCUT2D eigenvalue weighted by Gasteiger charge is -2.06. The maximum absolute atomic E-state index is 10.4. The normalized spacial score (nSPS) is 15.2. The van der Waals surface area contributed by atoms with E-state index in [9.17, 15) is 4.79 Å². The van der Waals surface area contributed by atoms with Gasteiger partial charge in [0.2, 0.25) is 0 Å². The summed E-state index contributed by atoms with van der Waals surface area (Å²) in [5.74, 6) is 0.406. The van der Waals surface area contributed by atoms with Crippen molar-refractivity contribution in [2.45, 2.75) is 12.8 Å². The molecule has 1 aliphatic rings. The van der Waals surface area contributed by atoms with Crippen molar-refractivity contribution < 1.29 is 14.6 Å². The minimum Gasteiger partial charge on any atom is -0.449 e. The Morgan fingerprint density at radius 2 is 2.00 bits per heavy atom. The van der Waals surface area contributed by atoms with Crippen molar-refractivity contribution in [1.29, 1.82) is 0 Å². The number of rotatable bonds is 1. The molecule has 15 heavy (non-hydrogen) atoms. The number of benzene rings is 1. The number of hydrogen-bond donors (Lipinski definition) is 2. The Morgan fingerprint density at radius 3 is 2.73 bits per heavy atom. The van der Waals surface area contributed by atoms with Crippen molar-refractivity contribution in [3.63, 3.8) is 0 Å². The summed E-state index contributed by atoms with van der Waals surface area (Å²) in [7, 11) is 0. The first-order valence-corrected chi connectivity index (χ1v) is 4.99. The summed E-state index contributed by atoms with van der Waals surface area (Å²) in [4.78, 5) is 10.4. The lowest BCUT2D eigenvalue weighted by molar-refractivity contribution is 0.144. The summed E-state index contributed by atoms with van der Waals surface area (Å²) < 4.78 is 4.62. The number of carboxylic acid groups (broad SMARTS) is 1. The van der Waals surface area contributed by atoms with Gasteiger partial charge in [-0.2, -0.15) is 0 Å². The minimum absolute atomic E-state index is 0.406. The van der Waals surface area contributed by atoms with Gasteiger partial charge in [-0.1, -0.05) is 6.07 Å². The number of hydrogen-bond acceptors (Lipinski definition) is 3. The van der Waals surface area contributed by atoms with Gasteiger partial charge < -0.3 is 15.2 Å². The van der Waals surface area contributed by atoms with Gasteiger partial charge in [0.15, 0.2) is 0 Å². The molecule has 0 unspecified atom stereocenters. The highest BCUT2D eigenvalue weighted by atomic mass is 16.7. The van der Waals surface area contributed by atoms with E-state index >= 15 is 0 Å². The van der Waals surface area contributed by atoms with Crippen LogP contribution in [0.15, 0.2) is 18.2 Å². The van der Waals surface area contributed by atoms with Gasteiger partial charge in [-0.05, 0) is 49.2 Å². The van der Waals surface area contributed by atoms with Gasteiger partial charge in [-0.25, -0.2) is 4.79 Å². The maximum Gasteiger partial charge on any atom is 0.511 e. The summed E-state index contributed by atoms with van der Waals surface area (Å²) in [6.07, 6.45) is 0.649. The number of fused-ring (bicyclic) bond motifs is 1. The van der Waals surface area contributed by atoms with E-state index in [1.165, 1.54) is 11.1 Å². The van der Waals surface area contributed by atoms with E-state index < -0.39 is 6.16 Å². The zero-order chi connectivity index (χ0) is 10.7. The van der Waals surface area contributed by atoms with E-state index in [0.29, 0.717) is 5.75 Å². The fourth-order valence-electron chi connectivity index (χ4n) is 1.81. The molecule has 1 aromatic rings. The SMILES string of the molecule is O=C(O)Oc1ccc2c(c1)CCNCC2. The minimum atomic E-state index is -1.26. The predicted octanol–water partition coefficient (Wildman–Crippen LogP) is 1.43. The molecule has 4 nitrogen and oxygen atoms in total. The van der Waals surface area contributed by atoms with E-state index in [4.69, 9.17) is 5.11 Å². The molecule has 0 fully saturated rings. The van der Waals surface area contributed by atoms with E-state index in [-0.39, 0.29) is 0 Å². The second-order valence-electron chi connectivity index (χ2n) is 3.55. The van der Waals surface area contributed by atoms with E-state index in [0.717, 1.165) is 25.9 Å². The Balaban J connectivity index is 2.23. The van der Waals surface area contributed by atoms with Crippen LogP contribution < -0.4 is 10.1 Å². The van der Waals surface area contributed by atoms with E-state index in [1.54, 1.807) is 6.07 Å². The van der Waals surface area contributed by atoms with Gasteiger partial charge in [0.05, 0.1) is 0 Å². The molecule has 2 N–H and O–H groups in total. The molecule has 80 valence electrons. The quantitative estimate of drug-likeness (QED) is 0.540. The van der Waals surface area contributed by atoms with Gasteiger partial charge >= 0.3 is 6.16 Å². The fourth-order valence-corrected chi connectivity index (χ4v) is 1.81. The summed E-state index contributed by atoms with van der Waals surface area (Å²) in [6, 6.07) is 5.47. The summed E-state index contributed by atoms with van der Waals surface area (Å²) in [6.45, 7) is 1.91. The second kappa shape index (κ2) is 4.31. The molecule has 0 aliphatic carbocycles. The van der Waals surface area contributed by atoms with Crippen molar-refractivity contribution in [3.8, 4) is 5.75 Å². The van der Waals surface area contributed by atoms with Crippen molar-refractivity contribution in [2.24, 2.45) is 0 Å². The van der Waals surface area contributed by atoms with Crippen molar-refractivity contribution in [1.82, 2.24) is 5.32 Å². The topological polar surface area (TPSA) is 58.6 Å². The number of carbonyl (C=O) groups is 1. The van der Waals surface area contributed by atoms with Crippen LogP contribution in [-0.2, 0) is 12.8 Å². The van der Waals surface area contributed by atoms with Crippen LogP contribution in [-0.4, -0.2) is 24.4 Å². The molecule has 0 atom stereocenters. The first kappa shape index (κ1) is 9.98. The van der Waals surface area contributed by atoms with Crippen LogP contribution in [0.25, 0.3) is 0 Å². The van der Waals surface area contributed by atoms with Gasteiger partial charge in [0, 0.05) is 0 Å². The number of nitrogens with one attached hydrogen (secondary N) is 1. The molecule has 2 rings (SSSR count). The third-order valence-corrected chi connectivity index (χ3v) is 2.53. The van der Waals surface area contributed by atoms with Crippen LogP contribution in [0.5, 0.6) is 5.75 Å². The van der Waals surface area contributed by atoms with Crippen LogP contribution in [0, 0.1) is 0 Å². The Morgan fingerprint density at radius 1 is 1.27 bits per heavy atom. The Kier molecular flexibility index (Phi) is 2.87. The van der Waals surface area contributed by atoms with Crippen molar-refractivity contribution >= 4 is 6.16 Å². The maximum atomic E-state index is 10.4. The molecule has 0 bridgehead atoms. The predicted molar refractivity (Wildman–Crippen MR) is 55.4 cm³/mol. The highest BCUT2D eigenvalue weighted by Crippen LogP contribution is 2.20. The van der Waals surface area contributed by atoms with Crippen LogP contribution in [0.1, 0.15) is 11.1 Å². The zero-order valence-electron chi connectivity index (χ0n) is 8.32. The standard InChI is InChI=1S/C11H13NO3/c13-11(14)15-10-2-1-8-3-5-12-6-4-9(8)7-10/h1-2,7,12H,3-6H2,(H,13,14). The fraction of sp³-hybridized carbons (Fsp3) is 0.364. The molecular formula is C11H13NO3. The van der Waals surface area contributed by atoms with Crippen LogP contribution >= 0.6 is 0 Å². The van der Waals surface area contributed by atoms with Crippen molar-refractivity contribution in [2.75, 3.05) is 13.1 Å². The average Bonchev–Trinajstić information content (AvgIpc) is 2.41. The van der Waals surface area contributed by atoms with Crippen molar-refractivity contribution in [3.05, 3.63) is 29.3 Å². The molecule has 0 saturated carbocycles. The molecular weight excluding hydrogens is 194 g/mol. The Bertz CT molecular complexity index is 376. The van der Waals surface area contributed by atoms with Gasteiger partial charge in [-0.3, -0.25) is 0 Å². The second-order valence-corrected chi connectivity index (χ2v) is 3.55. The lowest BCUT2D eigenvalue weighted by atomic mass is 10.0. The third-order valence-electron chi connectivity index (χ3n) is 2.53. The first-order valence-electron chi connectivity index (χ1n) is 4.99. The van der Waals surface area contributed by atoms with Crippen LogP contribution in [0.3, 0.4) is 0 Å². The molecule has 0 saturated heterocycles. The summed E-state index contributed by atoms with van der Waals surface area (Å²) in [5.41, 5.74) is 2.46. The Hall–Kier alpha value is -1.55. The number of ether oxygens (including phenoxy) is 1. The molecule has 1 aliphatic heterocycles. The highest BCUT2D eigenvalue weighted by molar-refractivity contribution is 5.61. The third kappa shape index (κ3) is 2.47. The summed E-state index contributed by atoms with van der Waals surface area (Å²) >= 11 is 0. The zero-order valence-corrected chi connectivity index (χ0v) is 8.32. The Labute approximate surface area is 87.9 Å². The smallest absolute Gasteiger partial charge is 0.449 e. The average molecular weight is 207 g/mol. The molecule has 0 aromatic heterocycles. The monoisotopic (exact) mass is 207 g/mol. The van der Waals surface area contributed by atoms with Gasteiger partial charge in [0.1, 0.15) is 5.75 Å². The van der Waals surface area contributed by atoms with Crippen LogP contribution in [0.2, 0.25) is 0 Å². The van der Waals surface area contributed by atoms with Gasteiger partial charge in [-0.15, -0.1) is 0 Å². The molecule has 0 spiro atoms. The van der Waals surface area contributed by atoms with E-state index in [2.05, 4.69) is 10.1 Å². The molecule has 0 radical (unpaired) electrons. The summed E-state index contributed by atoms with van der Waals surface area (Å²) in [5, 5.41) is 11.8.